The predicted molar refractivity (Wildman–Crippen MR) is 109 cm³/mol. The Morgan fingerprint density at radius 3 is 2.38 bits per heavy atom. The van der Waals surface area contributed by atoms with Crippen molar-refractivity contribution in [3.05, 3.63) is 93.8 Å². The molecule has 0 saturated carbocycles. The summed E-state index contributed by atoms with van der Waals surface area (Å²) in [5.74, 6) is 0.531. The van der Waals surface area contributed by atoms with Crippen molar-refractivity contribution in [3.8, 4) is 0 Å². The van der Waals surface area contributed by atoms with E-state index in [0.29, 0.717) is 5.92 Å². The third kappa shape index (κ3) is 3.58. The van der Waals surface area contributed by atoms with Gasteiger partial charge >= 0.3 is 0 Å². The molecule has 0 amide bonds. The van der Waals surface area contributed by atoms with Crippen molar-refractivity contribution in [2.45, 2.75) is 39.4 Å². The average molecular weight is 365 g/mol. The molecule has 0 spiro atoms. The molecule has 0 radical (unpaired) electrons. The number of hydrogen-bond acceptors (Lipinski definition) is 1. The first kappa shape index (κ1) is 17.4. The predicted octanol–water partition coefficient (Wildman–Crippen LogP) is 5.62. The summed E-state index contributed by atoms with van der Waals surface area (Å²) in [5, 5.41) is 0.802. The minimum atomic E-state index is 0.531. The van der Waals surface area contributed by atoms with Crippen LogP contribution in [0.15, 0.2) is 60.7 Å². The van der Waals surface area contributed by atoms with Gasteiger partial charge in [-0.05, 0) is 41.8 Å². The summed E-state index contributed by atoms with van der Waals surface area (Å²) in [6.07, 6.45) is 0. The second kappa shape index (κ2) is 7.30. The highest BCUT2D eigenvalue weighted by atomic mass is 35.5. The lowest BCUT2D eigenvalue weighted by atomic mass is 9.97. The Labute approximate surface area is 161 Å². The normalized spacial score (nSPS) is 17.3. The number of aryl methyl sites for hydroxylation is 1. The van der Waals surface area contributed by atoms with Crippen molar-refractivity contribution in [1.29, 1.82) is 0 Å². The molecule has 0 N–H and O–H groups in total. The third-order valence-corrected chi connectivity index (χ3v) is 5.58. The molecule has 1 unspecified atom stereocenters. The molecule has 1 aliphatic heterocycles. The first-order valence-corrected chi connectivity index (χ1v) is 9.67. The summed E-state index contributed by atoms with van der Waals surface area (Å²) in [6.45, 7) is 8.64. The average Bonchev–Trinajstić information content (AvgIpc) is 2.94. The number of hydrogen-bond donors (Lipinski definition) is 0. The highest BCUT2D eigenvalue weighted by Crippen LogP contribution is 2.32. The van der Waals surface area contributed by atoms with E-state index >= 15 is 0 Å². The molecule has 0 bridgehead atoms. The van der Waals surface area contributed by atoms with E-state index in [9.17, 15) is 0 Å². The maximum atomic E-state index is 6.01. The van der Waals surface area contributed by atoms with Crippen LogP contribution in [0, 0.1) is 6.92 Å². The van der Waals surface area contributed by atoms with Crippen molar-refractivity contribution in [3.63, 3.8) is 0 Å². The maximum absolute atomic E-state index is 6.01. The number of halogens is 1. The Balaban J connectivity index is 1.56. The Morgan fingerprint density at radius 1 is 0.962 bits per heavy atom. The molecule has 2 heterocycles. The van der Waals surface area contributed by atoms with Crippen molar-refractivity contribution in [1.82, 2.24) is 9.47 Å². The third-order valence-electron chi connectivity index (χ3n) is 5.32. The number of rotatable bonds is 4. The van der Waals surface area contributed by atoms with Crippen molar-refractivity contribution in [2.24, 2.45) is 0 Å². The van der Waals surface area contributed by atoms with Crippen LogP contribution < -0.4 is 0 Å². The van der Waals surface area contributed by atoms with Crippen LogP contribution >= 0.6 is 11.6 Å². The summed E-state index contributed by atoms with van der Waals surface area (Å²) in [6, 6.07) is 21.4. The van der Waals surface area contributed by atoms with E-state index in [2.05, 4.69) is 71.8 Å². The summed E-state index contributed by atoms with van der Waals surface area (Å²) < 4.78 is 2.51. The van der Waals surface area contributed by atoms with Gasteiger partial charge in [0.1, 0.15) is 0 Å². The van der Waals surface area contributed by atoms with Gasteiger partial charge in [-0.3, -0.25) is 4.90 Å². The fourth-order valence-electron chi connectivity index (χ4n) is 4.20. The maximum Gasteiger partial charge on any atom is 0.0475 e. The van der Waals surface area contributed by atoms with Gasteiger partial charge in [0, 0.05) is 48.5 Å². The molecule has 2 nitrogen and oxygen atoms in total. The number of fused-ring (bicyclic) bond motifs is 1. The summed E-state index contributed by atoms with van der Waals surface area (Å²) in [4.78, 5) is 2.54. The molecule has 3 aromatic rings. The SMILES string of the molecule is Cc1cc2c(n1Cc1ccccc1)C(C)CN(Cc1ccc(Cl)cc1)C2. The molecule has 134 valence electrons. The van der Waals surface area contributed by atoms with Gasteiger partial charge < -0.3 is 4.57 Å². The van der Waals surface area contributed by atoms with Crippen LogP contribution in [0.2, 0.25) is 5.02 Å². The van der Waals surface area contributed by atoms with Crippen LogP contribution in [0.1, 0.15) is 40.9 Å². The van der Waals surface area contributed by atoms with Gasteiger partial charge in [0.05, 0.1) is 0 Å². The molecule has 0 fully saturated rings. The minimum absolute atomic E-state index is 0.531. The molecule has 0 saturated heterocycles. The zero-order valence-electron chi connectivity index (χ0n) is 15.5. The number of aromatic nitrogens is 1. The monoisotopic (exact) mass is 364 g/mol. The summed E-state index contributed by atoms with van der Waals surface area (Å²) in [7, 11) is 0. The van der Waals surface area contributed by atoms with E-state index in [1.165, 1.54) is 28.1 Å². The van der Waals surface area contributed by atoms with Crippen molar-refractivity contribution < 1.29 is 0 Å². The van der Waals surface area contributed by atoms with Crippen LogP contribution in [0.4, 0.5) is 0 Å². The van der Waals surface area contributed by atoms with Gasteiger partial charge in [-0.1, -0.05) is 61.0 Å². The van der Waals surface area contributed by atoms with Crippen LogP contribution in [0.5, 0.6) is 0 Å². The molecule has 4 rings (SSSR count). The lowest BCUT2D eigenvalue weighted by Gasteiger charge is -2.32. The quantitative estimate of drug-likeness (QED) is 0.583. The Morgan fingerprint density at radius 2 is 1.65 bits per heavy atom. The van der Waals surface area contributed by atoms with E-state index in [-0.39, 0.29) is 0 Å². The Bertz CT molecular complexity index is 881. The van der Waals surface area contributed by atoms with Gasteiger partial charge in [-0.25, -0.2) is 0 Å². The van der Waals surface area contributed by atoms with E-state index < -0.39 is 0 Å². The van der Waals surface area contributed by atoms with Crippen LogP contribution in [0.25, 0.3) is 0 Å². The molecular weight excluding hydrogens is 340 g/mol. The van der Waals surface area contributed by atoms with E-state index in [4.69, 9.17) is 11.6 Å². The summed E-state index contributed by atoms with van der Waals surface area (Å²) >= 11 is 6.01. The van der Waals surface area contributed by atoms with Crippen LogP contribution in [-0.2, 0) is 19.6 Å². The number of nitrogens with zero attached hydrogens (tertiary/aromatic N) is 2. The molecule has 1 aliphatic rings. The minimum Gasteiger partial charge on any atom is -0.344 e. The van der Waals surface area contributed by atoms with Gasteiger partial charge in [0.2, 0.25) is 0 Å². The second-order valence-corrected chi connectivity index (χ2v) is 7.90. The lowest BCUT2D eigenvalue weighted by molar-refractivity contribution is 0.223. The zero-order chi connectivity index (χ0) is 18.1. The second-order valence-electron chi connectivity index (χ2n) is 7.47. The van der Waals surface area contributed by atoms with Crippen molar-refractivity contribution >= 4 is 11.6 Å². The highest BCUT2D eigenvalue weighted by Gasteiger charge is 2.26. The van der Waals surface area contributed by atoms with Gasteiger partial charge in [-0.15, -0.1) is 0 Å². The lowest BCUT2D eigenvalue weighted by Crippen LogP contribution is -2.33. The van der Waals surface area contributed by atoms with Crippen LogP contribution in [0.3, 0.4) is 0 Å². The van der Waals surface area contributed by atoms with Gasteiger partial charge in [0.15, 0.2) is 0 Å². The van der Waals surface area contributed by atoms with E-state index in [1.807, 2.05) is 12.1 Å². The standard InChI is InChI=1S/C23H25ClN2/c1-17-13-25(14-20-8-10-22(24)11-9-20)16-21-12-18(2)26(23(17)21)15-19-6-4-3-5-7-19/h3-12,17H,13-16H2,1-2H3. The first-order valence-electron chi connectivity index (χ1n) is 9.30. The van der Waals surface area contributed by atoms with Gasteiger partial charge in [0.25, 0.3) is 0 Å². The van der Waals surface area contributed by atoms with Crippen molar-refractivity contribution in [2.75, 3.05) is 6.54 Å². The topological polar surface area (TPSA) is 8.17 Å². The zero-order valence-corrected chi connectivity index (χ0v) is 16.2. The smallest absolute Gasteiger partial charge is 0.0475 e. The Kier molecular flexibility index (Phi) is 4.88. The molecule has 26 heavy (non-hydrogen) atoms. The van der Waals surface area contributed by atoms with E-state index in [0.717, 1.165) is 31.2 Å². The molecular formula is C23H25ClN2. The first-order chi connectivity index (χ1) is 12.6. The highest BCUT2D eigenvalue weighted by molar-refractivity contribution is 6.30. The molecule has 1 aromatic heterocycles. The van der Waals surface area contributed by atoms with Gasteiger partial charge in [-0.2, -0.15) is 0 Å². The molecule has 2 aromatic carbocycles. The fraction of sp³-hybridized carbons (Fsp3) is 0.304. The number of benzene rings is 2. The Hall–Kier alpha value is -2.03. The molecule has 3 heteroatoms. The van der Waals surface area contributed by atoms with Crippen LogP contribution in [-0.4, -0.2) is 16.0 Å². The fourth-order valence-corrected chi connectivity index (χ4v) is 4.33. The summed E-state index contributed by atoms with van der Waals surface area (Å²) in [5.41, 5.74) is 7.04. The molecule has 1 atom stereocenters. The largest absolute Gasteiger partial charge is 0.344 e. The molecule has 0 aliphatic carbocycles. The van der Waals surface area contributed by atoms with E-state index in [1.54, 1.807) is 0 Å².